The molecular weight excluding hydrogens is 122 g/mol. The summed E-state index contributed by atoms with van der Waals surface area (Å²) in [5, 5.41) is 1.88. The molecule has 0 aliphatic carbocycles. The highest BCUT2D eigenvalue weighted by atomic mass is 32.1. The summed E-state index contributed by atoms with van der Waals surface area (Å²) in [7, 11) is 1.65. The quantitative estimate of drug-likeness (QED) is 0.572. The first-order chi connectivity index (χ1) is 3.84. The van der Waals surface area contributed by atoms with Crippen LogP contribution >= 0.6 is 11.5 Å². The SMILES string of the molecule is COc1csnc1C. The van der Waals surface area contributed by atoms with E-state index in [1.54, 1.807) is 7.11 Å². The predicted octanol–water partition coefficient (Wildman–Crippen LogP) is 1.46. The van der Waals surface area contributed by atoms with Gasteiger partial charge in [-0.25, -0.2) is 0 Å². The molecule has 0 fully saturated rings. The van der Waals surface area contributed by atoms with E-state index in [1.807, 2.05) is 12.3 Å². The smallest absolute Gasteiger partial charge is 0.152 e. The molecule has 0 saturated heterocycles. The van der Waals surface area contributed by atoms with E-state index in [0.29, 0.717) is 0 Å². The maximum absolute atomic E-state index is 4.93. The van der Waals surface area contributed by atoms with Gasteiger partial charge in [-0.1, -0.05) is 0 Å². The second kappa shape index (κ2) is 2.13. The Hall–Kier alpha value is -0.570. The Morgan fingerprint density at radius 3 is 2.75 bits per heavy atom. The van der Waals surface area contributed by atoms with E-state index < -0.39 is 0 Å². The Morgan fingerprint density at radius 1 is 1.75 bits per heavy atom. The molecule has 1 rings (SSSR count). The molecule has 3 heteroatoms. The molecule has 2 nitrogen and oxygen atoms in total. The van der Waals surface area contributed by atoms with Crippen LogP contribution in [0.2, 0.25) is 0 Å². The standard InChI is InChI=1S/C5H7NOS/c1-4-5(7-2)3-8-6-4/h3H,1-2H3. The zero-order chi connectivity index (χ0) is 5.98. The molecule has 0 N–H and O–H groups in total. The van der Waals surface area contributed by atoms with Crippen molar-refractivity contribution >= 4 is 11.5 Å². The van der Waals surface area contributed by atoms with Gasteiger partial charge in [0, 0.05) is 0 Å². The van der Waals surface area contributed by atoms with Crippen LogP contribution in [0, 0.1) is 6.92 Å². The van der Waals surface area contributed by atoms with Crippen molar-refractivity contribution in [1.82, 2.24) is 4.37 Å². The molecular formula is C5H7NOS. The van der Waals surface area contributed by atoms with Crippen LogP contribution in [-0.4, -0.2) is 11.5 Å². The third-order valence-electron chi connectivity index (χ3n) is 0.926. The molecule has 0 aliphatic rings. The second-order valence-electron chi connectivity index (χ2n) is 1.47. The molecule has 0 radical (unpaired) electrons. The van der Waals surface area contributed by atoms with Gasteiger partial charge in [0.15, 0.2) is 5.75 Å². The van der Waals surface area contributed by atoms with E-state index >= 15 is 0 Å². The molecule has 1 aromatic rings. The zero-order valence-corrected chi connectivity index (χ0v) is 5.66. The number of hydrogen-bond acceptors (Lipinski definition) is 3. The largest absolute Gasteiger partial charge is 0.494 e. The van der Waals surface area contributed by atoms with Crippen LogP contribution in [0.3, 0.4) is 0 Å². The lowest BCUT2D eigenvalue weighted by atomic mass is 10.5. The van der Waals surface area contributed by atoms with Crippen molar-refractivity contribution in [3.8, 4) is 5.75 Å². The molecule has 1 aromatic heterocycles. The number of hydrogen-bond donors (Lipinski definition) is 0. The van der Waals surface area contributed by atoms with Crippen molar-refractivity contribution in [2.24, 2.45) is 0 Å². The molecule has 44 valence electrons. The van der Waals surface area contributed by atoms with Gasteiger partial charge < -0.3 is 4.74 Å². The van der Waals surface area contributed by atoms with Gasteiger partial charge in [-0.15, -0.1) is 0 Å². The van der Waals surface area contributed by atoms with E-state index in [9.17, 15) is 0 Å². The Bertz CT molecular complexity index is 173. The van der Waals surface area contributed by atoms with Gasteiger partial charge in [-0.2, -0.15) is 4.37 Å². The summed E-state index contributed by atoms with van der Waals surface area (Å²) < 4.78 is 8.94. The van der Waals surface area contributed by atoms with E-state index in [4.69, 9.17) is 4.74 Å². The van der Waals surface area contributed by atoms with Crippen molar-refractivity contribution < 1.29 is 4.74 Å². The number of aromatic nitrogens is 1. The highest BCUT2D eigenvalue weighted by molar-refractivity contribution is 7.03. The Morgan fingerprint density at radius 2 is 2.50 bits per heavy atom. The van der Waals surface area contributed by atoms with Crippen molar-refractivity contribution in [2.45, 2.75) is 6.92 Å². The molecule has 0 saturated carbocycles. The molecule has 0 spiro atoms. The van der Waals surface area contributed by atoms with E-state index in [0.717, 1.165) is 11.4 Å². The first-order valence-electron chi connectivity index (χ1n) is 2.29. The summed E-state index contributed by atoms with van der Waals surface area (Å²) in [6, 6.07) is 0. The van der Waals surface area contributed by atoms with Gasteiger partial charge in [0.2, 0.25) is 0 Å². The highest BCUT2D eigenvalue weighted by Crippen LogP contribution is 2.16. The van der Waals surface area contributed by atoms with E-state index in [2.05, 4.69) is 4.37 Å². The molecule has 1 heterocycles. The average molecular weight is 129 g/mol. The van der Waals surface area contributed by atoms with Crippen molar-refractivity contribution in [3.63, 3.8) is 0 Å². The van der Waals surface area contributed by atoms with Crippen molar-refractivity contribution in [3.05, 3.63) is 11.1 Å². The molecule has 0 aromatic carbocycles. The molecule has 0 bridgehead atoms. The Kier molecular flexibility index (Phi) is 1.48. The van der Waals surface area contributed by atoms with Crippen LogP contribution in [0.5, 0.6) is 5.75 Å². The number of ether oxygens (including phenoxy) is 1. The fourth-order valence-corrected chi connectivity index (χ4v) is 1.14. The molecule has 8 heavy (non-hydrogen) atoms. The minimum atomic E-state index is 0.884. The maximum atomic E-state index is 4.93. The minimum absolute atomic E-state index is 0.884. The number of methoxy groups -OCH3 is 1. The first-order valence-corrected chi connectivity index (χ1v) is 3.13. The summed E-state index contributed by atoms with van der Waals surface area (Å²) >= 11 is 1.42. The van der Waals surface area contributed by atoms with E-state index in [-0.39, 0.29) is 0 Å². The van der Waals surface area contributed by atoms with E-state index in [1.165, 1.54) is 11.5 Å². The lowest BCUT2D eigenvalue weighted by Crippen LogP contribution is -1.80. The Labute approximate surface area is 52.3 Å². The van der Waals surface area contributed by atoms with Crippen molar-refractivity contribution in [2.75, 3.05) is 7.11 Å². The second-order valence-corrected chi connectivity index (χ2v) is 2.10. The topological polar surface area (TPSA) is 22.1 Å². The fourth-order valence-electron chi connectivity index (χ4n) is 0.479. The van der Waals surface area contributed by atoms with Crippen LogP contribution in [0.15, 0.2) is 5.38 Å². The van der Waals surface area contributed by atoms with Gasteiger partial charge >= 0.3 is 0 Å². The van der Waals surface area contributed by atoms with Gasteiger partial charge in [-0.3, -0.25) is 0 Å². The van der Waals surface area contributed by atoms with Crippen LogP contribution in [-0.2, 0) is 0 Å². The molecule has 0 unspecified atom stereocenters. The van der Waals surface area contributed by atoms with Crippen LogP contribution in [0.1, 0.15) is 5.69 Å². The third kappa shape index (κ3) is 0.816. The Balaban J connectivity index is 2.92. The maximum Gasteiger partial charge on any atom is 0.152 e. The molecule has 0 aliphatic heterocycles. The fraction of sp³-hybridized carbons (Fsp3) is 0.400. The monoisotopic (exact) mass is 129 g/mol. The summed E-state index contributed by atoms with van der Waals surface area (Å²) in [4.78, 5) is 0. The van der Waals surface area contributed by atoms with Gasteiger partial charge in [-0.05, 0) is 18.5 Å². The summed E-state index contributed by atoms with van der Waals surface area (Å²) in [6.07, 6.45) is 0. The zero-order valence-electron chi connectivity index (χ0n) is 4.84. The minimum Gasteiger partial charge on any atom is -0.494 e. The predicted molar refractivity (Wildman–Crippen MR) is 33.4 cm³/mol. The first kappa shape index (κ1) is 5.56. The summed E-state index contributed by atoms with van der Waals surface area (Å²) in [5.41, 5.74) is 0.970. The molecule has 0 atom stereocenters. The average Bonchev–Trinajstić information content (AvgIpc) is 2.14. The normalized spacial score (nSPS) is 9.25. The third-order valence-corrected chi connectivity index (χ3v) is 1.62. The van der Waals surface area contributed by atoms with Gasteiger partial charge in [0.25, 0.3) is 0 Å². The summed E-state index contributed by atoms with van der Waals surface area (Å²) in [5.74, 6) is 0.884. The lowest BCUT2D eigenvalue weighted by Gasteiger charge is -1.91. The number of nitrogens with zero attached hydrogens (tertiary/aromatic N) is 1. The van der Waals surface area contributed by atoms with Crippen LogP contribution in [0.4, 0.5) is 0 Å². The molecule has 0 amide bonds. The summed E-state index contributed by atoms with van der Waals surface area (Å²) in [6.45, 7) is 1.93. The van der Waals surface area contributed by atoms with Crippen LogP contribution in [0.25, 0.3) is 0 Å². The number of rotatable bonds is 1. The lowest BCUT2D eigenvalue weighted by molar-refractivity contribution is 0.412. The van der Waals surface area contributed by atoms with Crippen molar-refractivity contribution in [1.29, 1.82) is 0 Å². The highest BCUT2D eigenvalue weighted by Gasteiger charge is 1.96. The van der Waals surface area contributed by atoms with Gasteiger partial charge in [0.05, 0.1) is 18.2 Å². The number of aryl methyl sites for hydroxylation is 1. The van der Waals surface area contributed by atoms with Crippen LogP contribution < -0.4 is 4.74 Å². The van der Waals surface area contributed by atoms with Gasteiger partial charge in [0.1, 0.15) is 0 Å².